The Balaban J connectivity index is 1.34. The molecule has 0 saturated heterocycles. The summed E-state index contributed by atoms with van der Waals surface area (Å²) in [5.74, 6) is 1.68. The highest BCUT2D eigenvalue weighted by Crippen LogP contribution is 2.38. The van der Waals surface area contributed by atoms with E-state index >= 15 is 0 Å². The molecule has 3 heterocycles. The smallest absolute Gasteiger partial charge is 0.130 e. The number of aromatic nitrogens is 3. The summed E-state index contributed by atoms with van der Waals surface area (Å²) < 4.78 is 5.27. The maximum absolute atomic E-state index is 7.08. The number of fused-ring (bicyclic) bond motifs is 1. The molecule has 0 bridgehead atoms. The predicted molar refractivity (Wildman–Crippen MR) is 176 cm³/mol. The van der Waals surface area contributed by atoms with Crippen molar-refractivity contribution in [1.29, 1.82) is 0 Å². The number of anilines is 1. The molecule has 0 radical (unpaired) electrons. The third kappa shape index (κ3) is 6.10. The van der Waals surface area contributed by atoms with Crippen LogP contribution in [0.15, 0.2) is 121 Å². The number of rotatable bonds is 8. The van der Waals surface area contributed by atoms with Gasteiger partial charge in [0.2, 0.25) is 0 Å². The maximum Gasteiger partial charge on any atom is 0.130 e. The van der Waals surface area contributed by atoms with Crippen LogP contribution in [0, 0.1) is 6.92 Å². The van der Waals surface area contributed by atoms with E-state index in [0.29, 0.717) is 17.3 Å². The first-order valence-corrected chi connectivity index (χ1v) is 14.3. The largest absolute Gasteiger partial charge is 0.497 e. The van der Waals surface area contributed by atoms with Crippen LogP contribution in [0.1, 0.15) is 22.4 Å². The van der Waals surface area contributed by atoms with Gasteiger partial charge in [-0.15, -0.1) is 0 Å². The van der Waals surface area contributed by atoms with Crippen LogP contribution in [0.3, 0.4) is 0 Å². The molecule has 0 aliphatic carbocycles. The average Bonchev–Trinajstić information content (AvgIpc) is 3.05. The van der Waals surface area contributed by atoms with Gasteiger partial charge in [-0.1, -0.05) is 84.4 Å². The second-order valence-electron chi connectivity index (χ2n) is 10.3. The second kappa shape index (κ2) is 12.4. The van der Waals surface area contributed by atoms with Crippen molar-refractivity contribution < 1.29 is 4.74 Å². The van der Waals surface area contributed by atoms with Gasteiger partial charge < -0.3 is 9.64 Å². The van der Waals surface area contributed by atoms with E-state index < -0.39 is 0 Å². The van der Waals surface area contributed by atoms with Crippen LogP contribution in [-0.4, -0.2) is 34.8 Å². The molecule has 6 rings (SSSR count). The Morgan fingerprint density at radius 3 is 2.14 bits per heavy atom. The number of hydrogen-bond donors (Lipinski definition) is 0. The molecule has 6 nitrogen and oxygen atoms in total. The van der Waals surface area contributed by atoms with E-state index in [4.69, 9.17) is 31.3 Å². The quantitative estimate of drug-likeness (QED) is 0.168. The summed E-state index contributed by atoms with van der Waals surface area (Å²) in [6.07, 6.45) is 5.43. The van der Waals surface area contributed by atoms with Crippen LogP contribution in [0.4, 0.5) is 11.5 Å². The average molecular weight is 584 g/mol. The van der Waals surface area contributed by atoms with Crippen molar-refractivity contribution in [1.82, 2.24) is 15.0 Å². The number of ether oxygens (including phenoxy) is 1. The molecule has 0 aliphatic rings. The van der Waals surface area contributed by atoms with Crippen molar-refractivity contribution in [2.24, 2.45) is 4.99 Å². The van der Waals surface area contributed by atoms with Gasteiger partial charge >= 0.3 is 0 Å². The highest BCUT2D eigenvalue weighted by molar-refractivity contribution is 6.36. The van der Waals surface area contributed by atoms with Crippen LogP contribution >= 0.6 is 11.6 Å². The van der Waals surface area contributed by atoms with Crippen molar-refractivity contribution >= 4 is 39.7 Å². The van der Waals surface area contributed by atoms with Crippen LogP contribution < -0.4 is 9.64 Å². The van der Waals surface area contributed by atoms with E-state index in [9.17, 15) is 0 Å². The first kappa shape index (κ1) is 28.1. The fraction of sp³-hybridized carbons (Fsp3) is 0.111. The zero-order valence-corrected chi connectivity index (χ0v) is 25.0. The van der Waals surface area contributed by atoms with E-state index in [1.165, 1.54) is 0 Å². The lowest BCUT2D eigenvalue weighted by molar-refractivity contribution is 0.414. The first-order chi connectivity index (χ1) is 21.0. The zero-order chi connectivity index (χ0) is 29.8. The SMILES string of the molecule is COc1ccc(CN(C)c2cc3ncc(-c4c(C)ncc(N=C(c5ccccc5)c5ccccc5)c4Cl)cc3cn2)cc1. The molecule has 3 aromatic carbocycles. The molecule has 0 amide bonds. The van der Waals surface area contributed by atoms with Gasteiger partial charge in [-0.3, -0.25) is 9.97 Å². The molecule has 0 aliphatic heterocycles. The number of aryl methyl sites for hydroxylation is 1. The third-order valence-electron chi connectivity index (χ3n) is 7.32. The number of nitrogens with zero attached hydrogens (tertiary/aromatic N) is 5. The van der Waals surface area contributed by atoms with Crippen molar-refractivity contribution in [2.75, 3.05) is 19.1 Å². The summed E-state index contributed by atoms with van der Waals surface area (Å²) in [6.45, 7) is 2.66. The summed E-state index contributed by atoms with van der Waals surface area (Å²) in [5, 5.41) is 1.44. The minimum absolute atomic E-state index is 0.529. The van der Waals surface area contributed by atoms with Crippen LogP contribution in [0.2, 0.25) is 5.02 Å². The summed E-state index contributed by atoms with van der Waals surface area (Å²) in [7, 11) is 3.69. The number of benzene rings is 3. The second-order valence-corrected chi connectivity index (χ2v) is 10.7. The number of hydrogen-bond acceptors (Lipinski definition) is 6. The molecular weight excluding hydrogens is 554 g/mol. The van der Waals surface area contributed by atoms with Crippen molar-refractivity contribution in [3.05, 3.63) is 143 Å². The Morgan fingerprint density at radius 2 is 1.49 bits per heavy atom. The lowest BCUT2D eigenvalue weighted by atomic mass is 10.0. The molecular formula is C36H30ClN5O. The van der Waals surface area contributed by atoms with Crippen LogP contribution in [-0.2, 0) is 6.54 Å². The summed E-state index contributed by atoms with van der Waals surface area (Å²) in [5.41, 5.74) is 7.90. The van der Waals surface area contributed by atoms with Crippen molar-refractivity contribution in [2.45, 2.75) is 13.5 Å². The van der Waals surface area contributed by atoms with Crippen LogP contribution in [0.25, 0.3) is 22.0 Å². The summed E-state index contributed by atoms with van der Waals surface area (Å²) in [6, 6.07) is 32.3. The Labute approximate surface area is 256 Å². The first-order valence-electron chi connectivity index (χ1n) is 13.9. The van der Waals surface area contributed by atoms with E-state index in [1.807, 2.05) is 105 Å². The monoisotopic (exact) mass is 583 g/mol. The fourth-order valence-corrected chi connectivity index (χ4v) is 5.37. The number of pyridine rings is 3. The number of methoxy groups -OCH3 is 1. The lowest BCUT2D eigenvalue weighted by Gasteiger charge is -2.19. The fourth-order valence-electron chi connectivity index (χ4n) is 5.03. The van der Waals surface area contributed by atoms with Gasteiger partial charge in [-0.25, -0.2) is 9.98 Å². The Morgan fingerprint density at radius 1 is 0.814 bits per heavy atom. The predicted octanol–water partition coefficient (Wildman–Crippen LogP) is 8.47. The van der Waals surface area contributed by atoms with Gasteiger partial charge in [-0.2, -0.15) is 0 Å². The standard InChI is InChI=1S/C36H30ClN5O/c1-24-34(35(37)32(22-38-24)41-36(26-10-6-4-7-11-26)27-12-8-5-9-13-27)29-18-28-20-40-33(19-31(28)39-21-29)42(2)23-25-14-16-30(43-3)17-15-25/h4-22H,23H2,1-3H3. The molecule has 0 spiro atoms. The van der Waals surface area contributed by atoms with E-state index in [1.54, 1.807) is 13.3 Å². The molecule has 0 atom stereocenters. The van der Waals surface area contributed by atoms with E-state index in [0.717, 1.165) is 61.7 Å². The van der Waals surface area contributed by atoms with Crippen molar-refractivity contribution in [3.63, 3.8) is 0 Å². The number of aliphatic imine (C=N–C) groups is 1. The molecule has 0 unspecified atom stereocenters. The molecule has 43 heavy (non-hydrogen) atoms. The molecule has 0 N–H and O–H groups in total. The Bertz CT molecular complexity index is 1870. The molecule has 7 heteroatoms. The zero-order valence-electron chi connectivity index (χ0n) is 24.2. The molecule has 3 aromatic heterocycles. The Hall–Kier alpha value is -5.07. The van der Waals surface area contributed by atoms with Gasteiger partial charge in [0.25, 0.3) is 0 Å². The summed E-state index contributed by atoms with van der Waals surface area (Å²) >= 11 is 7.08. The van der Waals surface area contributed by atoms with Gasteiger partial charge in [0.15, 0.2) is 0 Å². The number of halogens is 1. The molecule has 212 valence electrons. The molecule has 6 aromatic rings. The van der Waals surface area contributed by atoms with Crippen molar-refractivity contribution in [3.8, 4) is 16.9 Å². The lowest BCUT2D eigenvalue weighted by Crippen LogP contribution is -2.17. The molecule has 0 saturated carbocycles. The Kier molecular flexibility index (Phi) is 8.11. The highest BCUT2D eigenvalue weighted by Gasteiger charge is 2.16. The van der Waals surface area contributed by atoms with Gasteiger partial charge in [0.05, 0.1) is 29.6 Å². The van der Waals surface area contributed by atoms with Crippen LogP contribution in [0.5, 0.6) is 5.75 Å². The maximum atomic E-state index is 7.08. The molecule has 0 fully saturated rings. The third-order valence-corrected chi connectivity index (χ3v) is 7.71. The minimum Gasteiger partial charge on any atom is -0.497 e. The normalized spacial score (nSPS) is 10.9. The topological polar surface area (TPSA) is 63.5 Å². The van der Waals surface area contributed by atoms with Gasteiger partial charge in [0, 0.05) is 65.4 Å². The van der Waals surface area contributed by atoms with E-state index in [2.05, 4.69) is 28.1 Å². The highest BCUT2D eigenvalue weighted by atomic mass is 35.5. The van der Waals surface area contributed by atoms with Gasteiger partial charge in [-0.05, 0) is 30.7 Å². The summed E-state index contributed by atoms with van der Waals surface area (Å²) in [4.78, 5) is 21.3. The van der Waals surface area contributed by atoms with Gasteiger partial charge in [0.1, 0.15) is 17.3 Å². The minimum atomic E-state index is 0.529. The van der Waals surface area contributed by atoms with E-state index in [-0.39, 0.29) is 0 Å².